The van der Waals surface area contributed by atoms with Crippen LogP contribution in [-0.2, 0) is 0 Å². The van der Waals surface area contributed by atoms with Gasteiger partial charge in [0.25, 0.3) is 11.5 Å². The van der Waals surface area contributed by atoms with Crippen LogP contribution >= 0.6 is 11.6 Å². The van der Waals surface area contributed by atoms with Crippen molar-refractivity contribution in [1.29, 1.82) is 0 Å². The van der Waals surface area contributed by atoms with Crippen LogP contribution in [0.1, 0.15) is 16.1 Å². The van der Waals surface area contributed by atoms with Crippen LogP contribution in [0.5, 0.6) is 5.75 Å². The number of hydrogen-bond donors (Lipinski definition) is 2. The van der Waals surface area contributed by atoms with Gasteiger partial charge in [-0.3, -0.25) is 9.59 Å². The summed E-state index contributed by atoms with van der Waals surface area (Å²) < 4.78 is 1.07. The van der Waals surface area contributed by atoms with E-state index in [1.165, 1.54) is 0 Å². The third-order valence-electron chi connectivity index (χ3n) is 3.46. The number of carbonyl (C=O) groups is 1. The lowest BCUT2D eigenvalue weighted by Gasteiger charge is -2.10. The van der Waals surface area contributed by atoms with Gasteiger partial charge in [-0.05, 0) is 42.8 Å². The Hall–Kier alpha value is -3.12. The van der Waals surface area contributed by atoms with Crippen LogP contribution < -0.4 is 10.9 Å². The summed E-state index contributed by atoms with van der Waals surface area (Å²) in [5, 5.41) is 17.0. The number of rotatable bonds is 3. The van der Waals surface area contributed by atoms with Gasteiger partial charge in [-0.15, -0.1) is 0 Å². The van der Waals surface area contributed by atoms with Crippen LogP contribution in [0.3, 0.4) is 0 Å². The lowest BCUT2D eigenvalue weighted by molar-refractivity contribution is 0.101. The quantitative estimate of drug-likeness (QED) is 0.755. The Kier molecular flexibility index (Phi) is 4.54. The molecule has 0 atom stereocenters. The lowest BCUT2D eigenvalue weighted by Crippen LogP contribution is -2.25. The number of nitrogens with one attached hydrogen (secondary N) is 1. The van der Waals surface area contributed by atoms with Crippen LogP contribution in [0.2, 0.25) is 5.02 Å². The number of aryl methyl sites for hydroxylation is 1. The highest BCUT2D eigenvalue weighted by molar-refractivity contribution is 6.30. The van der Waals surface area contributed by atoms with Crippen LogP contribution in [0, 0.1) is 6.92 Å². The molecule has 0 fully saturated rings. The average Bonchev–Trinajstić information content (AvgIpc) is 2.54. The van der Waals surface area contributed by atoms with Crippen LogP contribution in [0.25, 0.3) is 5.69 Å². The average molecular weight is 356 g/mol. The van der Waals surface area contributed by atoms with E-state index in [1.807, 2.05) is 13.0 Å². The van der Waals surface area contributed by atoms with E-state index in [9.17, 15) is 14.7 Å². The van der Waals surface area contributed by atoms with Gasteiger partial charge in [-0.1, -0.05) is 29.8 Å². The van der Waals surface area contributed by atoms with E-state index in [1.54, 1.807) is 42.5 Å². The molecule has 2 N–H and O–H groups in total. The summed E-state index contributed by atoms with van der Waals surface area (Å²) in [5.74, 6) is -1.14. The highest BCUT2D eigenvalue weighted by atomic mass is 35.5. The van der Waals surface area contributed by atoms with Gasteiger partial charge in [0.2, 0.25) is 0 Å². The first kappa shape index (κ1) is 16.7. The van der Waals surface area contributed by atoms with Gasteiger partial charge in [-0.2, -0.15) is 9.78 Å². The molecule has 0 radical (unpaired) electrons. The molecule has 25 heavy (non-hydrogen) atoms. The fourth-order valence-electron chi connectivity index (χ4n) is 2.31. The fourth-order valence-corrected chi connectivity index (χ4v) is 2.50. The molecule has 1 aromatic heterocycles. The molecule has 3 aromatic rings. The van der Waals surface area contributed by atoms with E-state index in [0.29, 0.717) is 16.4 Å². The van der Waals surface area contributed by atoms with Gasteiger partial charge < -0.3 is 10.4 Å². The van der Waals surface area contributed by atoms with Crippen molar-refractivity contribution in [2.75, 3.05) is 5.32 Å². The van der Waals surface area contributed by atoms with Gasteiger partial charge in [-0.25, -0.2) is 0 Å². The second-order valence-corrected chi connectivity index (χ2v) is 5.87. The summed E-state index contributed by atoms with van der Waals surface area (Å²) in [6.45, 7) is 1.88. The standard InChI is InChI=1S/C18H14ClN3O3/c1-11-4-2-7-14(8-11)22-16(24)10-15(23)17(21-22)18(25)20-13-6-3-5-12(19)9-13/h2-10,23H,1H3,(H,20,25). The summed E-state index contributed by atoms with van der Waals surface area (Å²) in [4.78, 5) is 24.5. The van der Waals surface area contributed by atoms with Crippen molar-refractivity contribution in [1.82, 2.24) is 9.78 Å². The van der Waals surface area contributed by atoms with Gasteiger partial charge in [0.05, 0.1) is 5.69 Å². The molecular formula is C18H14ClN3O3. The molecule has 126 valence electrons. The number of amides is 1. The predicted molar refractivity (Wildman–Crippen MR) is 95.6 cm³/mol. The van der Waals surface area contributed by atoms with Gasteiger partial charge in [0.1, 0.15) is 0 Å². The first-order chi connectivity index (χ1) is 11.9. The minimum Gasteiger partial charge on any atom is -0.505 e. The third-order valence-corrected chi connectivity index (χ3v) is 3.69. The first-order valence-electron chi connectivity index (χ1n) is 7.41. The summed E-state index contributed by atoms with van der Waals surface area (Å²) in [6.07, 6.45) is 0. The molecule has 0 aliphatic rings. The van der Waals surface area contributed by atoms with Gasteiger partial charge >= 0.3 is 0 Å². The number of hydrogen-bond acceptors (Lipinski definition) is 4. The zero-order valence-electron chi connectivity index (χ0n) is 13.2. The molecule has 0 spiro atoms. The van der Waals surface area contributed by atoms with Crippen LogP contribution in [0.15, 0.2) is 59.4 Å². The Morgan fingerprint density at radius 2 is 1.92 bits per heavy atom. The summed E-state index contributed by atoms with van der Waals surface area (Å²) in [5.41, 5.74) is 1.08. The maximum Gasteiger partial charge on any atom is 0.279 e. The second kappa shape index (κ2) is 6.78. The van der Waals surface area contributed by atoms with Crippen molar-refractivity contribution in [3.8, 4) is 11.4 Å². The molecular weight excluding hydrogens is 342 g/mol. The minimum absolute atomic E-state index is 0.263. The highest BCUT2D eigenvalue weighted by Gasteiger charge is 2.17. The molecule has 2 aromatic carbocycles. The molecule has 0 saturated carbocycles. The molecule has 0 bridgehead atoms. The number of nitrogens with zero attached hydrogens (tertiary/aromatic N) is 2. The monoisotopic (exact) mass is 355 g/mol. The van der Waals surface area contributed by atoms with Crippen molar-refractivity contribution in [3.63, 3.8) is 0 Å². The molecule has 3 rings (SSSR count). The van der Waals surface area contributed by atoms with Crippen LogP contribution in [-0.4, -0.2) is 20.8 Å². The van der Waals surface area contributed by atoms with E-state index < -0.39 is 17.2 Å². The Labute approximate surface area is 148 Å². The number of carbonyl (C=O) groups excluding carboxylic acids is 1. The summed E-state index contributed by atoms with van der Waals surface area (Å²) in [6, 6.07) is 14.6. The molecule has 0 aliphatic heterocycles. The normalized spacial score (nSPS) is 10.5. The van der Waals surface area contributed by atoms with Crippen molar-refractivity contribution in [3.05, 3.63) is 81.2 Å². The lowest BCUT2D eigenvalue weighted by atomic mass is 10.2. The number of benzene rings is 2. The maximum atomic E-state index is 12.4. The smallest absolute Gasteiger partial charge is 0.279 e. The molecule has 0 saturated heterocycles. The topological polar surface area (TPSA) is 84.2 Å². The Bertz CT molecular complexity index is 1010. The predicted octanol–water partition coefficient (Wildman–Crippen LogP) is 3.15. The van der Waals surface area contributed by atoms with Crippen molar-refractivity contribution >= 4 is 23.2 Å². The number of aromatic hydroxyl groups is 1. The summed E-state index contributed by atoms with van der Waals surface area (Å²) in [7, 11) is 0. The number of halogens is 1. The molecule has 1 amide bonds. The van der Waals surface area contributed by atoms with E-state index in [-0.39, 0.29) is 5.69 Å². The van der Waals surface area contributed by atoms with Crippen LogP contribution in [0.4, 0.5) is 5.69 Å². The Morgan fingerprint density at radius 3 is 2.64 bits per heavy atom. The third kappa shape index (κ3) is 3.70. The van der Waals surface area contributed by atoms with Crippen molar-refractivity contribution in [2.45, 2.75) is 6.92 Å². The zero-order chi connectivity index (χ0) is 18.0. The highest BCUT2D eigenvalue weighted by Crippen LogP contribution is 2.18. The Morgan fingerprint density at radius 1 is 1.16 bits per heavy atom. The molecule has 1 heterocycles. The summed E-state index contributed by atoms with van der Waals surface area (Å²) >= 11 is 5.88. The van der Waals surface area contributed by atoms with E-state index in [2.05, 4.69) is 10.4 Å². The first-order valence-corrected chi connectivity index (χ1v) is 7.79. The molecule has 6 nitrogen and oxygen atoms in total. The molecule has 0 unspecified atom stereocenters. The van der Waals surface area contributed by atoms with Crippen molar-refractivity contribution < 1.29 is 9.90 Å². The van der Waals surface area contributed by atoms with E-state index in [0.717, 1.165) is 16.3 Å². The van der Waals surface area contributed by atoms with E-state index in [4.69, 9.17) is 11.6 Å². The molecule has 7 heteroatoms. The zero-order valence-corrected chi connectivity index (χ0v) is 14.0. The number of anilines is 1. The van der Waals surface area contributed by atoms with E-state index >= 15 is 0 Å². The van der Waals surface area contributed by atoms with Gasteiger partial charge in [0.15, 0.2) is 11.4 Å². The fraction of sp³-hybridized carbons (Fsp3) is 0.0556. The largest absolute Gasteiger partial charge is 0.505 e. The second-order valence-electron chi connectivity index (χ2n) is 5.43. The van der Waals surface area contributed by atoms with Crippen molar-refractivity contribution in [2.24, 2.45) is 0 Å². The maximum absolute atomic E-state index is 12.4. The van der Waals surface area contributed by atoms with Gasteiger partial charge in [0, 0.05) is 16.8 Å². The number of aromatic nitrogens is 2. The molecule has 0 aliphatic carbocycles. The SMILES string of the molecule is Cc1cccc(-n2nc(C(=O)Nc3cccc(Cl)c3)c(O)cc2=O)c1. The minimum atomic E-state index is -0.652. The Balaban J connectivity index is 2.00.